The maximum absolute atomic E-state index is 12.9. The van der Waals surface area contributed by atoms with E-state index in [1.807, 2.05) is 19.1 Å². The monoisotopic (exact) mass is 217 g/mol. The van der Waals surface area contributed by atoms with Crippen molar-refractivity contribution in [2.45, 2.75) is 13.0 Å². The molecule has 0 aliphatic heterocycles. The van der Waals surface area contributed by atoms with Crippen molar-refractivity contribution in [3.8, 4) is 0 Å². The van der Waals surface area contributed by atoms with Crippen LogP contribution in [0.3, 0.4) is 0 Å². The molecule has 0 bridgehead atoms. The lowest BCUT2D eigenvalue weighted by atomic mass is 10.1. The lowest BCUT2D eigenvalue weighted by Gasteiger charge is -2.14. The van der Waals surface area contributed by atoms with Crippen molar-refractivity contribution in [2.24, 2.45) is 0 Å². The summed E-state index contributed by atoms with van der Waals surface area (Å²) in [6, 6.07) is 8.55. The highest BCUT2D eigenvalue weighted by molar-refractivity contribution is 5.37. The van der Waals surface area contributed by atoms with Crippen molar-refractivity contribution in [2.75, 3.05) is 5.32 Å². The third kappa shape index (κ3) is 2.53. The lowest BCUT2D eigenvalue weighted by molar-refractivity contribution is 0.584. The Hall–Kier alpha value is -1.97. The van der Waals surface area contributed by atoms with E-state index in [2.05, 4.69) is 15.3 Å². The largest absolute Gasteiger partial charge is 0.363 e. The molecule has 0 aromatic carbocycles. The van der Waals surface area contributed by atoms with E-state index in [-0.39, 0.29) is 6.04 Å². The Morgan fingerprint density at radius 1 is 1.25 bits per heavy atom. The Kier molecular flexibility index (Phi) is 3.10. The van der Waals surface area contributed by atoms with Crippen LogP contribution in [0.25, 0.3) is 0 Å². The number of rotatable bonds is 3. The fourth-order valence-electron chi connectivity index (χ4n) is 1.43. The van der Waals surface area contributed by atoms with Crippen LogP contribution in [-0.4, -0.2) is 9.97 Å². The van der Waals surface area contributed by atoms with Gasteiger partial charge in [0.25, 0.3) is 0 Å². The fourth-order valence-corrected chi connectivity index (χ4v) is 1.43. The molecule has 82 valence electrons. The van der Waals surface area contributed by atoms with Gasteiger partial charge in [0, 0.05) is 12.4 Å². The topological polar surface area (TPSA) is 37.8 Å². The average molecular weight is 217 g/mol. The molecule has 0 fully saturated rings. The van der Waals surface area contributed by atoms with Crippen LogP contribution in [0, 0.1) is 5.95 Å². The zero-order valence-corrected chi connectivity index (χ0v) is 8.89. The molecule has 2 aromatic heterocycles. The van der Waals surface area contributed by atoms with Crippen molar-refractivity contribution >= 4 is 5.82 Å². The number of aromatic nitrogens is 2. The summed E-state index contributed by atoms with van der Waals surface area (Å²) < 4.78 is 12.9. The van der Waals surface area contributed by atoms with Crippen LogP contribution in [0.4, 0.5) is 10.2 Å². The molecule has 16 heavy (non-hydrogen) atoms. The normalized spacial score (nSPS) is 12.1. The molecule has 1 unspecified atom stereocenters. The minimum Gasteiger partial charge on any atom is -0.363 e. The van der Waals surface area contributed by atoms with E-state index in [9.17, 15) is 4.39 Å². The highest BCUT2D eigenvalue weighted by atomic mass is 19.1. The molecule has 0 aliphatic carbocycles. The average Bonchev–Trinajstić information content (AvgIpc) is 2.30. The van der Waals surface area contributed by atoms with Gasteiger partial charge in [-0.05, 0) is 30.7 Å². The minimum atomic E-state index is -0.483. The predicted molar refractivity (Wildman–Crippen MR) is 60.5 cm³/mol. The summed E-state index contributed by atoms with van der Waals surface area (Å²) in [7, 11) is 0. The molecule has 2 aromatic rings. The molecule has 0 saturated carbocycles. The number of anilines is 1. The van der Waals surface area contributed by atoms with Gasteiger partial charge in [0.2, 0.25) is 5.95 Å². The third-order valence-corrected chi connectivity index (χ3v) is 2.26. The standard InChI is InChI=1S/C12H12FN3/c1-9(10-4-3-7-14-8-10)15-12-6-2-5-11(13)16-12/h2-9H,1H3,(H,15,16). The summed E-state index contributed by atoms with van der Waals surface area (Å²) in [5.41, 5.74) is 1.04. The molecule has 2 heterocycles. The number of nitrogens with one attached hydrogen (secondary N) is 1. The Labute approximate surface area is 93.4 Å². The van der Waals surface area contributed by atoms with Crippen molar-refractivity contribution in [3.05, 3.63) is 54.2 Å². The summed E-state index contributed by atoms with van der Waals surface area (Å²) in [4.78, 5) is 7.77. The number of hydrogen-bond donors (Lipinski definition) is 1. The van der Waals surface area contributed by atoms with Crippen molar-refractivity contribution in [1.29, 1.82) is 0 Å². The van der Waals surface area contributed by atoms with Crippen LogP contribution in [0.1, 0.15) is 18.5 Å². The SMILES string of the molecule is CC(Nc1cccc(F)n1)c1cccnc1. The first kappa shape index (κ1) is 10.5. The molecule has 0 radical (unpaired) electrons. The summed E-state index contributed by atoms with van der Waals surface area (Å²) in [5, 5.41) is 3.11. The fraction of sp³-hybridized carbons (Fsp3) is 0.167. The molecule has 1 N–H and O–H groups in total. The zero-order valence-electron chi connectivity index (χ0n) is 8.89. The van der Waals surface area contributed by atoms with Crippen LogP contribution in [0.15, 0.2) is 42.7 Å². The van der Waals surface area contributed by atoms with Crippen LogP contribution in [0.5, 0.6) is 0 Å². The summed E-state index contributed by atoms with van der Waals surface area (Å²) >= 11 is 0. The van der Waals surface area contributed by atoms with Gasteiger partial charge in [-0.15, -0.1) is 0 Å². The van der Waals surface area contributed by atoms with Gasteiger partial charge in [-0.1, -0.05) is 12.1 Å². The molecule has 4 heteroatoms. The van der Waals surface area contributed by atoms with Crippen molar-refractivity contribution in [3.63, 3.8) is 0 Å². The predicted octanol–water partition coefficient (Wildman–Crippen LogP) is 2.79. The molecular weight excluding hydrogens is 205 g/mol. The Morgan fingerprint density at radius 3 is 2.81 bits per heavy atom. The second kappa shape index (κ2) is 4.70. The van der Waals surface area contributed by atoms with Gasteiger partial charge >= 0.3 is 0 Å². The first-order chi connectivity index (χ1) is 7.75. The number of pyridine rings is 2. The minimum absolute atomic E-state index is 0.0444. The second-order valence-electron chi connectivity index (χ2n) is 3.50. The molecule has 0 aliphatic rings. The van der Waals surface area contributed by atoms with E-state index >= 15 is 0 Å². The maximum Gasteiger partial charge on any atom is 0.214 e. The van der Waals surface area contributed by atoms with Gasteiger partial charge in [0.05, 0.1) is 6.04 Å². The van der Waals surface area contributed by atoms with Gasteiger partial charge in [-0.2, -0.15) is 4.39 Å². The quantitative estimate of drug-likeness (QED) is 0.803. The summed E-state index contributed by atoms with van der Waals surface area (Å²) in [6.45, 7) is 1.98. The molecule has 0 saturated heterocycles. The molecular formula is C12H12FN3. The molecule has 2 rings (SSSR count). The molecule has 0 spiro atoms. The highest BCUT2D eigenvalue weighted by Crippen LogP contribution is 2.16. The third-order valence-electron chi connectivity index (χ3n) is 2.26. The van der Waals surface area contributed by atoms with Gasteiger partial charge in [0.1, 0.15) is 5.82 Å². The zero-order chi connectivity index (χ0) is 11.4. The lowest BCUT2D eigenvalue weighted by Crippen LogP contribution is -2.08. The van der Waals surface area contributed by atoms with E-state index in [1.54, 1.807) is 24.5 Å². The van der Waals surface area contributed by atoms with Gasteiger partial charge in [0.15, 0.2) is 0 Å². The Bertz CT molecular complexity index is 459. The number of halogens is 1. The number of nitrogens with zero attached hydrogens (tertiary/aromatic N) is 2. The van der Waals surface area contributed by atoms with E-state index in [0.29, 0.717) is 5.82 Å². The first-order valence-corrected chi connectivity index (χ1v) is 5.05. The van der Waals surface area contributed by atoms with E-state index in [1.165, 1.54) is 6.07 Å². The van der Waals surface area contributed by atoms with Crippen LogP contribution >= 0.6 is 0 Å². The number of hydrogen-bond acceptors (Lipinski definition) is 3. The van der Waals surface area contributed by atoms with Gasteiger partial charge in [-0.25, -0.2) is 4.98 Å². The maximum atomic E-state index is 12.9. The van der Waals surface area contributed by atoms with Gasteiger partial charge in [-0.3, -0.25) is 4.98 Å². The first-order valence-electron chi connectivity index (χ1n) is 5.05. The highest BCUT2D eigenvalue weighted by Gasteiger charge is 2.05. The molecule has 0 amide bonds. The van der Waals surface area contributed by atoms with Crippen LogP contribution in [-0.2, 0) is 0 Å². The Balaban J connectivity index is 2.11. The van der Waals surface area contributed by atoms with Crippen molar-refractivity contribution < 1.29 is 4.39 Å². The van der Waals surface area contributed by atoms with E-state index < -0.39 is 5.95 Å². The Morgan fingerprint density at radius 2 is 2.12 bits per heavy atom. The summed E-state index contributed by atoms with van der Waals surface area (Å²) in [6.07, 6.45) is 3.49. The van der Waals surface area contributed by atoms with Crippen LogP contribution < -0.4 is 5.32 Å². The van der Waals surface area contributed by atoms with E-state index in [0.717, 1.165) is 5.56 Å². The van der Waals surface area contributed by atoms with Crippen LogP contribution in [0.2, 0.25) is 0 Å². The molecule has 3 nitrogen and oxygen atoms in total. The second-order valence-corrected chi connectivity index (χ2v) is 3.50. The van der Waals surface area contributed by atoms with E-state index in [4.69, 9.17) is 0 Å². The molecule has 1 atom stereocenters. The smallest absolute Gasteiger partial charge is 0.214 e. The van der Waals surface area contributed by atoms with Gasteiger partial charge < -0.3 is 5.32 Å². The van der Waals surface area contributed by atoms with Crippen molar-refractivity contribution in [1.82, 2.24) is 9.97 Å². The summed E-state index contributed by atoms with van der Waals surface area (Å²) in [5.74, 6) is 0.0414.